The number of imidazole rings is 1. The standard InChI is InChI=1S/C29H33N3O2/c1-22-13-14-23(2)27(21-22)34-20-8-19-32-26-12-7-6-11-25(26)31-28(32)17-18-30-29(33)16-15-24-9-4-3-5-10-24/h3-7,9-14,21H,8,15-20H2,1-2H3,(H,30,33). The van der Waals surface area contributed by atoms with E-state index >= 15 is 0 Å². The molecule has 0 radical (unpaired) electrons. The smallest absolute Gasteiger partial charge is 0.220 e. The Morgan fingerprint density at radius 1 is 0.971 bits per heavy atom. The lowest BCUT2D eigenvalue weighted by Gasteiger charge is -2.12. The molecule has 3 aromatic carbocycles. The van der Waals surface area contributed by atoms with E-state index in [9.17, 15) is 4.79 Å². The van der Waals surface area contributed by atoms with E-state index in [2.05, 4.69) is 60.1 Å². The number of aryl methyl sites for hydroxylation is 4. The number of hydrogen-bond donors (Lipinski definition) is 1. The first kappa shape index (κ1) is 23.6. The maximum Gasteiger partial charge on any atom is 0.220 e. The average molecular weight is 456 g/mol. The molecule has 0 bridgehead atoms. The highest BCUT2D eigenvalue weighted by Gasteiger charge is 2.11. The van der Waals surface area contributed by atoms with Crippen molar-refractivity contribution in [3.8, 4) is 5.75 Å². The Labute approximate surface area is 201 Å². The molecule has 5 nitrogen and oxygen atoms in total. The van der Waals surface area contributed by atoms with E-state index in [0.717, 1.165) is 47.6 Å². The number of aromatic nitrogens is 2. The summed E-state index contributed by atoms with van der Waals surface area (Å²) in [7, 11) is 0. The Bertz CT molecular complexity index is 1230. The average Bonchev–Trinajstić information content (AvgIpc) is 3.20. The Balaban J connectivity index is 1.31. The van der Waals surface area contributed by atoms with Crippen LogP contribution in [0.1, 0.15) is 35.4 Å². The van der Waals surface area contributed by atoms with Gasteiger partial charge in [0, 0.05) is 25.9 Å². The molecule has 4 rings (SSSR count). The highest BCUT2D eigenvalue weighted by molar-refractivity contribution is 5.77. The maximum absolute atomic E-state index is 12.3. The Kier molecular flexibility index (Phi) is 7.97. The Morgan fingerprint density at radius 2 is 1.76 bits per heavy atom. The third-order valence-electron chi connectivity index (χ3n) is 6.02. The molecule has 0 unspecified atom stereocenters. The lowest BCUT2D eigenvalue weighted by molar-refractivity contribution is -0.121. The van der Waals surface area contributed by atoms with Crippen LogP contribution in [0.4, 0.5) is 0 Å². The van der Waals surface area contributed by atoms with Gasteiger partial charge in [-0.1, -0.05) is 54.6 Å². The summed E-state index contributed by atoms with van der Waals surface area (Å²) < 4.78 is 8.31. The number of para-hydroxylation sites is 2. The van der Waals surface area contributed by atoms with E-state index in [0.29, 0.717) is 26.0 Å². The monoisotopic (exact) mass is 455 g/mol. The van der Waals surface area contributed by atoms with Gasteiger partial charge in [-0.3, -0.25) is 4.79 Å². The third kappa shape index (κ3) is 6.25. The fourth-order valence-electron chi connectivity index (χ4n) is 4.14. The van der Waals surface area contributed by atoms with Gasteiger partial charge in [0.15, 0.2) is 0 Å². The van der Waals surface area contributed by atoms with Crippen molar-refractivity contribution in [1.82, 2.24) is 14.9 Å². The number of carbonyl (C=O) groups excluding carboxylic acids is 1. The van der Waals surface area contributed by atoms with Gasteiger partial charge in [-0.05, 0) is 61.6 Å². The molecule has 5 heteroatoms. The fourth-order valence-corrected chi connectivity index (χ4v) is 4.14. The maximum atomic E-state index is 12.3. The van der Waals surface area contributed by atoms with Crippen molar-refractivity contribution in [3.05, 3.63) is 95.3 Å². The zero-order valence-electron chi connectivity index (χ0n) is 20.1. The molecule has 0 saturated heterocycles. The molecule has 0 atom stereocenters. The molecular weight excluding hydrogens is 422 g/mol. The summed E-state index contributed by atoms with van der Waals surface area (Å²) in [6, 6.07) is 24.6. The van der Waals surface area contributed by atoms with Crippen LogP contribution in [-0.4, -0.2) is 28.6 Å². The normalized spacial score (nSPS) is 11.0. The van der Waals surface area contributed by atoms with E-state index in [-0.39, 0.29) is 5.91 Å². The zero-order valence-corrected chi connectivity index (χ0v) is 20.1. The number of hydrogen-bond acceptors (Lipinski definition) is 3. The summed E-state index contributed by atoms with van der Waals surface area (Å²) in [6.07, 6.45) is 2.83. The summed E-state index contributed by atoms with van der Waals surface area (Å²) in [5, 5.41) is 3.06. The molecule has 1 amide bonds. The van der Waals surface area contributed by atoms with Crippen LogP contribution in [0.5, 0.6) is 5.75 Å². The number of amides is 1. The molecular formula is C29H33N3O2. The number of ether oxygens (including phenoxy) is 1. The summed E-state index contributed by atoms with van der Waals surface area (Å²) in [6.45, 7) is 6.20. The topological polar surface area (TPSA) is 56.1 Å². The second-order valence-corrected chi connectivity index (χ2v) is 8.72. The number of rotatable bonds is 11. The summed E-state index contributed by atoms with van der Waals surface area (Å²) >= 11 is 0. The van der Waals surface area contributed by atoms with Gasteiger partial charge in [-0.15, -0.1) is 0 Å². The van der Waals surface area contributed by atoms with Crippen molar-refractivity contribution in [1.29, 1.82) is 0 Å². The zero-order chi connectivity index (χ0) is 23.8. The molecule has 1 heterocycles. The minimum Gasteiger partial charge on any atom is -0.493 e. The molecule has 0 aliphatic rings. The lowest BCUT2D eigenvalue weighted by atomic mass is 10.1. The quantitative estimate of drug-likeness (QED) is 0.308. The molecule has 0 aliphatic heterocycles. The number of benzene rings is 3. The molecule has 34 heavy (non-hydrogen) atoms. The van der Waals surface area contributed by atoms with Crippen molar-refractivity contribution in [2.45, 2.75) is 46.1 Å². The van der Waals surface area contributed by atoms with E-state index in [1.807, 2.05) is 36.4 Å². The van der Waals surface area contributed by atoms with Gasteiger partial charge in [0.2, 0.25) is 5.91 Å². The summed E-state index contributed by atoms with van der Waals surface area (Å²) in [4.78, 5) is 17.1. The number of nitrogens with zero attached hydrogens (tertiary/aromatic N) is 2. The Morgan fingerprint density at radius 3 is 2.62 bits per heavy atom. The minimum atomic E-state index is 0.0773. The van der Waals surface area contributed by atoms with Gasteiger partial charge in [-0.2, -0.15) is 0 Å². The van der Waals surface area contributed by atoms with Crippen LogP contribution in [-0.2, 0) is 24.2 Å². The fraction of sp³-hybridized carbons (Fsp3) is 0.310. The predicted molar refractivity (Wildman–Crippen MR) is 137 cm³/mol. The Hall–Kier alpha value is -3.60. The van der Waals surface area contributed by atoms with Crippen LogP contribution in [0.2, 0.25) is 0 Å². The molecule has 0 saturated carbocycles. The van der Waals surface area contributed by atoms with Gasteiger partial charge < -0.3 is 14.6 Å². The van der Waals surface area contributed by atoms with Crippen LogP contribution in [0.3, 0.4) is 0 Å². The second-order valence-electron chi connectivity index (χ2n) is 8.72. The van der Waals surface area contributed by atoms with Gasteiger partial charge in [0.25, 0.3) is 0 Å². The van der Waals surface area contributed by atoms with Crippen molar-refractivity contribution in [2.24, 2.45) is 0 Å². The first-order chi connectivity index (χ1) is 16.6. The van der Waals surface area contributed by atoms with E-state index in [1.165, 1.54) is 11.1 Å². The number of nitrogens with one attached hydrogen (secondary N) is 1. The van der Waals surface area contributed by atoms with Crippen molar-refractivity contribution < 1.29 is 9.53 Å². The molecule has 4 aromatic rings. The largest absolute Gasteiger partial charge is 0.493 e. The molecule has 1 N–H and O–H groups in total. The molecule has 0 aliphatic carbocycles. The van der Waals surface area contributed by atoms with Crippen LogP contribution in [0.25, 0.3) is 11.0 Å². The van der Waals surface area contributed by atoms with Gasteiger partial charge in [0.1, 0.15) is 11.6 Å². The highest BCUT2D eigenvalue weighted by Crippen LogP contribution is 2.20. The van der Waals surface area contributed by atoms with Gasteiger partial charge in [-0.25, -0.2) is 4.98 Å². The van der Waals surface area contributed by atoms with Crippen molar-refractivity contribution in [2.75, 3.05) is 13.2 Å². The van der Waals surface area contributed by atoms with Crippen LogP contribution < -0.4 is 10.1 Å². The first-order valence-corrected chi connectivity index (χ1v) is 12.0. The lowest BCUT2D eigenvalue weighted by Crippen LogP contribution is -2.26. The highest BCUT2D eigenvalue weighted by atomic mass is 16.5. The van der Waals surface area contributed by atoms with E-state index in [1.54, 1.807) is 0 Å². The molecule has 176 valence electrons. The van der Waals surface area contributed by atoms with Crippen LogP contribution in [0.15, 0.2) is 72.8 Å². The molecule has 0 fully saturated rings. The SMILES string of the molecule is Cc1ccc(C)c(OCCCn2c(CCNC(=O)CCc3ccccc3)nc3ccccc32)c1. The number of carbonyl (C=O) groups is 1. The molecule has 1 aromatic heterocycles. The van der Waals surface area contributed by atoms with Crippen LogP contribution >= 0.6 is 0 Å². The van der Waals surface area contributed by atoms with Gasteiger partial charge in [0.05, 0.1) is 17.6 Å². The first-order valence-electron chi connectivity index (χ1n) is 12.0. The van der Waals surface area contributed by atoms with Crippen molar-refractivity contribution >= 4 is 16.9 Å². The van der Waals surface area contributed by atoms with Gasteiger partial charge >= 0.3 is 0 Å². The predicted octanol–water partition coefficient (Wildman–Crippen LogP) is 5.41. The molecule has 0 spiro atoms. The van der Waals surface area contributed by atoms with Crippen molar-refractivity contribution in [3.63, 3.8) is 0 Å². The van der Waals surface area contributed by atoms with E-state index < -0.39 is 0 Å². The third-order valence-corrected chi connectivity index (χ3v) is 6.02. The number of fused-ring (bicyclic) bond motifs is 1. The van der Waals surface area contributed by atoms with E-state index in [4.69, 9.17) is 9.72 Å². The summed E-state index contributed by atoms with van der Waals surface area (Å²) in [5.74, 6) is 2.03. The van der Waals surface area contributed by atoms with Crippen LogP contribution in [0, 0.1) is 13.8 Å². The minimum absolute atomic E-state index is 0.0773. The second kappa shape index (κ2) is 11.5. The summed E-state index contributed by atoms with van der Waals surface area (Å²) in [5.41, 5.74) is 5.65.